The first-order chi connectivity index (χ1) is 7.18. The Morgan fingerprint density at radius 2 is 2.33 bits per heavy atom. The van der Waals surface area contributed by atoms with E-state index in [1.807, 2.05) is 17.2 Å². The van der Waals surface area contributed by atoms with Crippen molar-refractivity contribution in [3.63, 3.8) is 0 Å². The first kappa shape index (κ1) is 9.57. The molecule has 0 bridgehead atoms. The molecule has 1 aromatic rings. The fourth-order valence-electron chi connectivity index (χ4n) is 1.50. The van der Waals surface area contributed by atoms with Gasteiger partial charge in [-0.05, 0) is 12.8 Å². The summed E-state index contributed by atoms with van der Waals surface area (Å²) in [6.07, 6.45) is 6.09. The highest BCUT2D eigenvalue weighted by Gasteiger charge is 2.10. The second-order valence-corrected chi connectivity index (χ2v) is 3.39. The van der Waals surface area contributed by atoms with Gasteiger partial charge in [-0.15, -0.1) is 4.73 Å². The Labute approximate surface area is 86.7 Å². The van der Waals surface area contributed by atoms with E-state index >= 15 is 0 Å². The summed E-state index contributed by atoms with van der Waals surface area (Å²) in [6, 6.07) is 1.48. The molecule has 1 aliphatic heterocycles. The van der Waals surface area contributed by atoms with E-state index in [9.17, 15) is 5.21 Å². The molecule has 1 aromatic heterocycles. The van der Waals surface area contributed by atoms with Crippen molar-refractivity contribution < 1.29 is 5.21 Å². The molecular formula is C9H13N5O. The summed E-state index contributed by atoms with van der Waals surface area (Å²) >= 11 is 0. The third-order valence-electron chi connectivity index (χ3n) is 2.29. The van der Waals surface area contributed by atoms with Gasteiger partial charge in [0.15, 0.2) is 5.49 Å². The maximum Gasteiger partial charge on any atom is 0.238 e. The molecule has 2 rings (SSSR count). The molecule has 2 heterocycles. The van der Waals surface area contributed by atoms with Crippen molar-refractivity contribution >= 4 is 11.8 Å². The first-order valence-corrected chi connectivity index (χ1v) is 4.75. The van der Waals surface area contributed by atoms with Crippen LogP contribution in [-0.2, 0) is 0 Å². The van der Waals surface area contributed by atoms with Crippen LogP contribution < -0.4 is 16.1 Å². The number of anilines is 2. The standard InChI is InChI=1S/C9H13N5O/c10-7-6-8(12-9(11)14(7)15)13-4-2-1-3-5-13/h2,4,6,10,15H,1,3,5H2,(H2,11,12). The van der Waals surface area contributed by atoms with Crippen molar-refractivity contribution in [2.45, 2.75) is 12.8 Å². The summed E-state index contributed by atoms with van der Waals surface area (Å²) in [5, 5.41) is 16.7. The maximum atomic E-state index is 9.23. The Morgan fingerprint density at radius 1 is 1.53 bits per heavy atom. The van der Waals surface area contributed by atoms with Crippen molar-refractivity contribution in [2.24, 2.45) is 0 Å². The van der Waals surface area contributed by atoms with Crippen molar-refractivity contribution in [1.29, 1.82) is 5.41 Å². The number of allylic oxidation sites excluding steroid dienone is 1. The number of nitrogen functional groups attached to an aromatic ring is 1. The minimum absolute atomic E-state index is 0.0727. The van der Waals surface area contributed by atoms with Crippen LogP contribution in [0.5, 0.6) is 0 Å². The fourth-order valence-corrected chi connectivity index (χ4v) is 1.50. The molecule has 0 aliphatic carbocycles. The molecule has 0 unspecified atom stereocenters. The predicted octanol–water partition coefficient (Wildman–Crippen LogP) is 0.296. The van der Waals surface area contributed by atoms with E-state index in [-0.39, 0.29) is 11.4 Å². The molecule has 1 aliphatic rings. The van der Waals surface area contributed by atoms with Crippen LogP contribution in [0.4, 0.5) is 11.8 Å². The first-order valence-electron chi connectivity index (χ1n) is 4.75. The van der Waals surface area contributed by atoms with Crippen LogP contribution in [0.3, 0.4) is 0 Å². The van der Waals surface area contributed by atoms with Gasteiger partial charge in [-0.1, -0.05) is 6.08 Å². The van der Waals surface area contributed by atoms with E-state index in [0.29, 0.717) is 10.5 Å². The predicted molar refractivity (Wildman–Crippen MR) is 55.4 cm³/mol. The van der Waals surface area contributed by atoms with Gasteiger partial charge >= 0.3 is 0 Å². The van der Waals surface area contributed by atoms with Crippen molar-refractivity contribution in [1.82, 2.24) is 9.71 Å². The molecule has 0 atom stereocenters. The molecule has 0 amide bonds. The number of nitrogens with zero attached hydrogens (tertiary/aromatic N) is 3. The Morgan fingerprint density at radius 3 is 2.93 bits per heavy atom. The molecule has 0 saturated carbocycles. The van der Waals surface area contributed by atoms with Crippen LogP contribution >= 0.6 is 0 Å². The van der Waals surface area contributed by atoms with Gasteiger partial charge in [0.2, 0.25) is 5.95 Å². The number of hydrogen-bond acceptors (Lipinski definition) is 5. The van der Waals surface area contributed by atoms with E-state index in [0.717, 1.165) is 19.4 Å². The van der Waals surface area contributed by atoms with Gasteiger partial charge in [-0.3, -0.25) is 5.41 Å². The van der Waals surface area contributed by atoms with Gasteiger partial charge < -0.3 is 15.8 Å². The van der Waals surface area contributed by atoms with Gasteiger partial charge in [0, 0.05) is 18.8 Å². The smallest absolute Gasteiger partial charge is 0.238 e. The molecule has 0 radical (unpaired) electrons. The second-order valence-electron chi connectivity index (χ2n) is 3.39. The fraction of sp³-hybridized carbons (Fsp3) is 0.333. The lowest BCUT2D eigenvalue weighted by atomic mass is 10.2. The van der Waals surface area contributed by atoms with E-state index in [2.05, 4.69) is 4.98 Å². The molecule has 15 heavy (non-hydrogen) atoms. The number of nitrogens with one attached hydrogen (secondary N) is 1. The number of aromatic nitrogens is 2. The number of hydrogen-bond donors (Lipinski definition) is 3. The van der Waals surface area contributed by atoms with Crippen LogP contribution in [0.25, 0.3) is 0 Å². The van der Waals surface area contributed by atoms with Crippen molar-refractivity contribution in [2.75, 3.05) is 17.2 Å². The topological polar surface area (TPSA) is 91.2 Å². The van der Waals surface area contributed by atoms with Gasteiger partial charge in [0.05, 0.1) is 0 Å². The lowest BCUT2D eigenvalue weighted by Gasteiger charge is -2.22. The minimum Gasteiger partial charge on any atom is -0.423 e. The van der Waals surface area contributed by atoms with E-state index < -0.39 is 0 Å². The summed E-state index contributed by atoms with van der Waals surface area (Å²) in [5.74, 6) is 0.523. The number of rotatable bonds is 1. The van der Waals surface area contributed by atoms with Crippen LogP contribution in [-0.4, -0.2) is 21.5 Å². The van der Waals surface area contributed by atoms with E-state index in [4.69, 9.17) is 11.1 Å². The lowest BCUT2D eigenvalue weighted by molar-refractivity contribution is 0.174. The third kappa shape index (κ3) is 1.78. The quantitative estimate of drug-likeness (QED) is 0.577. The van der Waals surface area contributed by atoms with Gasteiger partial charge in [0.1, 0.15) is 5.82 Å². The van der Waals surface area contributed by atoms with Crippen molar-refractivity contribution in [3.8, 4) is 0 Å². The summed E-state index contributed by atoms with van der Waals surface area (Å²) in [4.78, 5) is 5.92. The Balaban J connectivity index is 2.40. The van der Waals surface area contributed by atoms with Crippen LogP contribution in [0.15, 0.2) is 18.3 Å². The van der Waals surface area contributed by atoms with E-state index in [1.54, 1.807) is 0 Å². The lowest BCUT2D eigenvalue weighted by Crippen LogP contribution is -2.27. The van der Waals surface area contributed by atoms with Crippen molar-refractivity contribution in [3.05, 3.63) is 23.8 Å². The monoisotopic (exact) mass is 207 g/mol. The normalized spacial score (nSPS) is 15.6. The minimum atomic E-state index is -0.0727. The SMILES string of the molecule is N=c1cc(N2C=CCCC2)nc(N)n1O. The second kappa shape index (κ2) is 3.64. The highest BCUT2D eigenvalue weighted by atomic mass is 16.5. The summed E-state index contributed by atoms with van der Waals surface area (Å²) in [6.45, 7) is 0.859. The number of nitrogens with two attached hydrogens (primary N) is 1. The molecule has 0 aromatic carbocycles. The maximum absolute atomic E-state index is 9.23. The molecule has 0 fully saturated rings. The largest absolute Gasteiger partial charge is 0.423 e. The molecule has 6 heteroatoms. The molecule has 0 saturated heterocycles. The molecule has 80 valence electrons. The summed E-state index contributed by atoms with van der Waals surface area (Å²) in [5.41, 5.74) is 5.39. The zero-order valence-electron chi connectivity index (χ0n) is 8.22. The third-order valence-corrected chi connectivity index (χ3v) is 2.29. The van der Waals surface area contributed by atoms with Gasteiger partial charge in [-0.2, -0.15) is 4.98 Å². The van der Waals surface area contributed by atoms with Gasteiger partial charge in [0.25, 0.3) is 0 Å². The van der Waals surface area contributed by atoms with E-state index in [1.165, 1.54) is 6.07 Å². The molecule has 4 N–H and O–H groups in total. The zero-order valence-corrected chi connectivity index (χ0v) is 8.22. The summed E-state index contributed by atoms with van der Waals surface area (Å²) in [7, 11) is 0. The Kier molecular flexibility index (Phi) is 2.32. The zero-order chi connectivity index (χ0) is 10.8. The summed E-state index contributed by atoms with van der Waals surface area (Å²) < 4.78 is 0.553. The Bertz CT molecular complexity index is 450. The van der Waals surface area contributed by atoms with Crippen LogP contribution in [0, 0.1) is 5.41 Å². The molecular weight excluding hydrogens is 194 g/mol. The van der Waals surface area contributed by atoms with Crippen LogP contribution in [0.1, 0.15) is 12.8 Å². The highest BCUT2D eigenvalue weighted by molar-refractivity contribution is 5.44. The highest BCUT2D eigenvalue weighted by Crippen LogP contribution is 2.14. The van der Waals surface area contributed by atoms with Crippen LogP contribution in [0.2, 0.25) is 0 Å². The van der Waals surface area contributed by atoms with Gasteiger partial charge in [-0.25, -0.2) is 0 Å². The average molecular weight is 207 g/mol. The molecule has 0 spiro atoms. The molecule has 6 nitrogen and oxygen atoms in total. The Hall–Kier alpha value is -1.98. The average Bonchev–Trinajstić information content (AvgIpc) is 2.26.